The van der Waals surface area contributed by atoms with Crippen molar-refractivity contribution in [2.24, 2.45) is 0 Å². The second kappa shape index (κ2) is 20.2. The van der Waals surface area contributed by atoms with Gasteiger partial charge in [0.2, 0.25) is 0 Å². The summed E-state index contributed by atoms with van der Waals surface area (Å²) in [6, 6.07) is 0. The Morgan fingerprint density at radius 1 is 0.667 bits per heavy atom. The fourth-order valence-corrected chi connectivity index (χ4v) is 4.38. The molecule has 0 aromatic heterocycles. The van der Waals surface area contributed by atoms with Gasteiger partial charge in [-0.1, -0.05) is 90.9 Å². The van der Waals surface area contributed by atoms with Crippen molar-refractivity contribution >= 4 is 10.1 Å². The largest absolute Gasteiger partial charge is 1.00 e. The van der Waals surface area contributed by atoms with Crippen molar-refractivity contribution in [3.05, 3.63) is 0 Å². The van der Waals surface area contributed by atoms with E-state index in [9.17, 15) is 18.1 Å². The first kappa shape index (κ1) is 30.1. The van der Waals surface area contributed by atoms with E-state index in [4.69, 9.17) is 0 Å². The molecule has 27 heavy (non-hydrogen) atoms. The first-order valence-electron chi connectivity index (χ1n) is 11.0. The van der Waals surface area contributed by atoms with Crippen LogP contribution >= 0.6 is 0 Å². The van der Waals surface area contributed by atoms with Crippen molar-refractivity contribution in [1.82, 2.24) is 0 Å². The zero-order valence-electron chi connectivity index (χ0n) is 18.3. The maximum atomic E-state index is 11.3. The Kier molecular flexibility index (Phi) is 22.4. The van der Waals surface area contributed by atoms with E-state index < -0.39 is 15.4 Å². The molecule has 0 spiro atoms. The molecule has 0 aliphatic rings. The summed E-state index contributed by atoms with van der Waals surface area (Å²) >= 11 is 0. The minimum absolute atomic E-state index is 0. The summed E-state index contributed by atoms with van der Waals surface area (Å²) in [6.07, 6.45) is 16.7. The normalized spacial score (nSPS) is 13.9. The van der Waals surface area contributed by atoms with Crippen LogP contribution in [0, 0.1) is 0 Å². The molecule has 0 aromatic rings. The monoisotopic (exact) mass is 414 g/mol. The standard InChI is InChI=1S/C21H44O4S.Na/c1-3-5-7-8-9-10-11-12-14-16-20(22)17-15-19-21(26(23,24)25)18-13-6-4-2;/h20-22H,3-19H2,1-2H3,(H,23,24,25);/q;+1/p-1. The van der Waals surface area contributed by atoms with Gasteiger partial charge in [-0.2, -0.15) is 0 Å². The SMILES string of the molecule is CCCCCCCCCCCC(O)CCCC(CCCCC)S(=O)(=O)[O-].[Na+]. The quantitative estimate of drug-likeness (QED) is 0.200. The fourth-order valence-electron chi connectivity index (χ4n) is 3.47. The topological polar surface area (TPSA) is 77.4 Å². The maximum absolute atomic E-state index is 11.3. The summed E-state index contributed by atoms with van der Waals surface area (Å²) in [5.74, 6) is 0. The Balaban J connectivity index is 0. The van der Waals surface area contributed by atoms with E-state index >= 15 is 0 Å². The van der Waals surface area contributed by atoms with Crippen LogP contribution in [0.2, 0.25) is 0 Å². The number of aliphatic hydroxyl groups excluding tert-OH is 1. The molecule has 0 radical (unpaired) electrons. The molecule has 0 aromatic carbocycles. The summed E-state index contributed by atoms with van der Waals surface area (Å²) < 4.78 is 34.0. The molecule has 0 saturated carbocycles. The van der Waals surface area contributed by atoms with Gasteiger partial charge in [0.1, 0.15) is 0 Å². The van der Waals surface area contributed by atoms with E-state index in [1.807, 2.05) is 0 Å². The van der Waals surface area contributed by atoms with Crippen LogP contribution in [-0.4, -0.2) is 29.4 Å². The van der Waals surface area contributed by atoms with Gasteiger partial charge < -0.3 is 9.66 Å². The predicted molar refractivity (Wildman–Crippen MR) is 109 cm³/mol. The average molecular weight is 415 g/mol. The van der Waals surface area contributed by atoms with Crippen LogP contribution in [0.1, 0.15) is 123 Å². The van der Waals surface area contributed by atoms with E-state index in [-0.39, 0.29) is 35.7 Å². The number of aliphatic hydroxyl groups is 1. The predicted octanol–water partition coefficient (Wildman–Crippen LogP) is 2.94. The van der Waals surface area contributed by atoms with Crippen LogP contribution in [0.4, 0.5) is 0 Å². The third-order valence-electron chi connectivity index (χ3n) is 5.24. The van der Waals surface area contributed by atoms with Gasteiger partial charge in [-0.15, -0.1) is 0 Å². The van der Waals surface area contributed by atoms with Crippen molar-refractivity contribution in [1.29, 1.82) is 0 Å². The molecule has 0 fully saturated rings. The van der Waals surface area contributed by atoms with Crippen molar-refractivity contribution < 1.29 is 47.6 Å². The summed E-state index contributed by atoms with van der Waals surface area (Å²) in [6.45, 7) is 4.29. The molecule has 0 bridgehead atoms. The molecule has 2 unspecified atom stereocenters. The third kappa shape index (κ3) is 19.9. The second-order valence-corrected chi connectivity index (χ2v) is 9.46. The van der Waals surface area contributed by atoms with Crippen molar-refractivity contribution in [2.75, 3.05) is 0 Å². The summed E-state index contributed by atoms with van der Waals surface area (Å²) in [5.41, 5.74) is 0. The Morgan fingerprint density at radius 2 is 1.04 bits per heavy atom. The van der Waals surface area contributed by atoms with Crippen molar-refractivity contribution in [3.63, 3.8) is 0 Å². The van der Waals surface area contributed by atoms with E-state index in [2.05, 4.69) is 13.8 Å². The minimum atomic E-state index is -4.21. The number of hydrogen-bond acceptors (Lipinski definition) is 4. The Morgan fingerprint density at radius 3 is 1.56 bits per heavy atom. The molecular formula is C21H43NaO4S. The summed E-state index contributed by atoms with van der Waals surface area (Å²) in [5, 5.41) is 9.28. The van der Waals surface area contributed by atoms with Gasteiger partial charge in [-0.25, -0.2) is 8.42 Å². The number of rotatable bonds is 19. The van der Waals surface area contributed by atoms with Gasteiger partial charge >= 0.3 is 29.6 Å². The Labute approximate surface area is 191 Å². The molecule has 0 aliphatic carbocycles. The summed E-state index contributed by atoms with van der Waals surface area (Å²) in [4.78, 5) is 0. The Bertz CT molecular complexity index is 401. The fraction of sp³-hybridized carbons (Fsp3) is 1.00. The molecule has 0 aliphatic heterocycles. The molecule has 0 rings (SSSR count). The van der Waals surface area contributed by atoms with E-state index in [1.165, 1.54) is 51.4 Å². The van der Waals surface area contributed by atoms with Gasteiger partial charge in [-0.3, -0.25) is 0 Å². The number of hydrogen-bond donors (Lipinski definition) is 1. The molecule has 0 saturated heterocycles. The maximum Gasteiger partial charge on any atom is 1.00 e. The zero-order chi connectivity index (χ0) is 19.7. The average Bonchev–Trinajstić information content (AvgIpc) is 2.58. The van der Waals surface area contributed by atoms with Crippen LogP contribution in [0.3, 0.4) is 0 Å². The van der Waals surface area contributed by atoms with Gasteiger partial charge in [0, 0.05) is 5.25 Å². The molecule has 158 valence electrons. The molecule has 6 heteroatoms. The third-order valence-corrected chi connectivity index (χ3v) is 6.53. The van der Waals surface area contributed by atoms with E-state index in [0.29, 0.717) is 25.7 Å². The van der Waals surface area contributed by atoms with E-state index in [1.54, 1.807) is 0 Å². The first-order valence-corrected chi connectivity index (χ1v) is 12.5. The smallest absolute Gasteiger partial charge is 0.748 e. The molecule has 1 N–H and O–H groups in total. The molecular weight excluding hydrogens is 371 g/mol. The van der Waals surface area contributed by atoms with Crippen LogP contribution < -0.4 is 29.6 Å². The van der Waals surface area contributed by atoms with Gasteiger partial charge in [0.25, 0.3) is 0 Å². The van der Waals surface area contributed by atoms with Gasteiger partial charge in [-0.05, 0) is 32.1 Å². The van der Waals surface area contributed by atoms with Crippen molar-refractivity contribution in [2.45, 2.75) is 134 Å². The minimum Gasteiger partial charge on any atom is -0.748 e. The second-order valence-electron chi connectivity index (χ2n) is 7.81. The van der Waals surface area contributed by atoms with Crippen LogP contribution in [0.5, 0.6) is 0 Å². The summed E-state index contributed by atoms with van der Waals surface area (Å²) in [7, 11) is -4.21. The van der Waals surface area contributed by atoms with Crippen LogP contribution in [0.25, 0.3) is 0 Å². The van der Waals surface area contributed by atoms with Crippen molar-refractivity contribution in [3.8, 4) is 0 Å². The van der Waals surface area contributed by atoms with E-state index in [0.717, 1.165) is 32.1 Å². The zero-order valence-corrected chi connectivity index (χ0v) is 21.1. The van der Waals surface area contributed by atoms with Crippen LogP contribution in [0.15, 0.2) is 0 Å². The van der Waals surface area contributed by atoms with Gasteiger partial charge in [0.15, 0.2) is 0 Å². The number of unbranched alkanes of at least 4 members (excludes halogenated alkanes) is 10. The molecule has 2 atom stereocenters. The van der Waals surface area contributed by atoms with Gasteiger partial charge in [0.05, 0.1) is 16.2 Å². The molecule has 4 nitrogen and oxygen atoms in total. The first-order chi connectivity index (χ1) is 12.4. The van der Waals surface area contributed by atoms with Crippen LogP contribution in [-0.2, 0) is 10.1 Å². The molecule has 0 heterocycles. The molecule has 0 amide bonds. The Hall–Kier alpha value is 0.870.